The van der Waals surface area contributed by atoms with E-state index in [0.717, 1.165) is 24.3 Å². The molecule has 1 aliphatic heterocycles. The number of likely N-dealkylation sites (tertiary alicyclic amines) is 1. The fourth-order valence-corrected chi connectivity index (χ4v) is 6.72. The number of ether oxygens (including phenoxy) is 1. The van der Waals surface area contributed by atoms with E-state index in [2.05, 4.69) is 4.72 Å². The minimum atomic E-state index is -4.74. The lowest BCUT2D eigenvalue weighted by Gasteiger charge is -2.19. The van der Waals surface area contributed by atoms with Gasteiger partial charge in [0.1, 0.15) is 20.4 Å². The van der Waals surface area contributed by atoms with Crippen LogP contribution in [0.3, 0.4) is 0 Å². The van der Waals surface area contributed by atoms with Crippen molar-refractivity contribution >= 4 is 38.6 Å². The Labute approximate surface area is 217 Å². The highest BCUT2D eigenvalue weighted by atomic mass is 35.5. The van der Waals surface area contributed by atoms with Crippen LogP contribution in [-0.4, -0.2) is 39.6 Å². The second-order valence-corrected chi connectivity index (χ2v) is 12.0. The van der Waals surface area contributed by atoms with Crippen molar-refractivity contribution in [3.63, 3.8) is 0 Å². The Morgan fingerprint density at radius 3 is 2.30 bits per heavy atom. The molecule has 2 aromatic carbocycles. The van der Waals surface area contributed by atoms with Crippen molar-refractivity contribution in [1.29, 1.82) is 0 Å². The quantitative estimate of drug-likeness (QED) is 0.317. The molecule has 5 nitrogen and oxygen atoms in total. The number of rotatable bonds is 6. The van der Waals surface area contributed by atoms with Gasteiger partial charge in [0.25, 0.3) is 10.0 Å². The third-order valence-corrected chi connectivity index (χ3v) is 8.85. The molecule has 4 rings (SSSR count). The van der Waals surface area contributed by atoms with Gasteiger partial charge in [0.15, 0.2) is 0 Å². The number of sulfonamides is 1. The third-order valence-electron chi connectivity index (χ3n) is 5.63. The molecule has 0 amide bonds. The van der Waals surface area contributed by atoms with Crippen molar-refractivity contribution < 1.29 is 39.5 Å². The maximum Gasteiger partial charge on any atom is 0.419 e. The molecule has 0 bridgehead atoms. The third kappa shape index (κ3) is 6.16. The van der Waals surface area contributed by atoms with E-state index in [9.17, 15) is 34.8 Å². The molecule has 1 N–H and O–H groups in total. The highest BCUT2D eigenvalue weighted by Gasteiger charge is 2.37. The van der Waals surface area contributed by atoms with E-state index in [0.29, 0.717) is 36.9 Å². The molecule has 200 valence electrons. The van der Waals surface area contributed by atoms with Crippen molar-refractivity contribution in [3.05, 3.63) is 64.0 Å². The van der Waals surface area contributed by atoms with E-state index in [1.54, 1.807) is 7.05 Å². The normalized spacial score (nSPS) is 17.2. The van der Waals surface area contributed by atoms with Gasteiger partial charge in [-0.25, -0.2) is 8.42 Å². The Balaban J connectivity index is 1.66. The zero-order valence-electron chi connectivity index (χ0n) is 19.0. The lowest BCUT2D eigenvalue weighted by molar-refractivity contribution is -0.139. The largest absolute Gasteiger partial charge is 0.488 e. The van der Waals surface area contributed by atoms with E-state index in [1.807, 2.05) is 4.90 Å². The highest BCUT2D eigenvalue weighted by Crippen LogP contribution is 2.44. The van der Waals surface area contributed by atoms with Crippen molar-refractivity contribution in [3.8, 4) is 16.9 Å². The number of hydrogen-bond acceptors (Lipinski definition) is 5. The average Bonchev–Trinajstić information content (AvgIpc) is 3.37. The second kappa shape index (κ2) is 10.0. The molecule has 3 aromatic rings. The maximum atomic E-state index is 13.5. The Morgan fingerprint density at radius 2 is 1.68 bits per heavy atom. The standard InChI is InChI=1S/C23H19ClF6N2O3S2/c1-32-9-8-14(12-32)35-19-10-13(6-7-18(19)23(28,29)30)31-37(33,34)20-11-16(21(24)36-20)15-4-2-3-5-17(15)22(25,26)27/h2-7,10-11,14,31H,8-9,12H2,1H3. The Hall–Kier alpha value is -2.48. The average molecular weight is 585 g/mol. The predicted octanol–water partition coefficient (Wildman–Crippen LogP) is 6.99. The van der Waals surface area contributed by atoms with Crippen molar-refractivity contribution in [1.82, 2.24) is 4.90 Å². The molecule has 0 spiro atoms. The SMILES string of the molecule is CN1CCC(Oc2cc(NS(=O)(=O)c3cc(-c4ccccc4C(F)(F)F)c(Cl)s3)ccc2C(F)(F)F)C1. The van der Waals surface area contributed by atoms with Crippen LogP contribution in [0.1, 0.15) is 17.5 Å². The second-order valence-electron chi connectivity index (χ2n) is 8.40. The van der Waals surface area contributed by atoms with Gasteiger partial charge in [0.2, 0.25) is 0 Å². The minimum absolute atomic E-state index is 0.137. The number of anilines is 1. The first kappa shape index (κ1) is 27.6. The van der Waals surface area contributed by atoms with Gasteiger partial charge in [-0.3, -0.25) is 4.72 Å². The van der Waals surface area contributed by atoms with Gasteiger partial charge in [-0.15, -0.1) is 11.3 Å². The summed E-state index contributed by atoms with van der Waals surface area (Å²) in [7, 11) is -2.62. The summed E-state index contributed by atoms with van der Waals surface area (Å²) in [5, 5.41) is 0. The van der Waals surface area contributed by atoms with Crippen LogP contribution < -0.4 is 9.46 Å². The van der Waals surface area contributed by atoms with E-state index in [1.165, 1.54) is 18.2 Å². The first-order valence-electron chi connectivity index (χ1n) is 10.7. The highest BCUT2D eigenvalue weighted by molar-refractivity contribution is 7.94. The van der Waals surface area contributed by atoms with Gasteiger partial charge in [0.05, 0.1) is 16.8 Å². The smallest absolute Gasteiger partial charge is 0.419 e. The molecule has 0 saturated carbocycles. The van der Waals surface area contributed by atoms with E-state index in [4.69, 9.17) is 16.3 Å². The molecular weight excluding hydrogens is 566 g/mol. The summed E-state index contributed by atoms with van der Waals surface area (Å²) < 4.78 is 114. The summed E-state index contributed by atoms with van der Waals surface area (Å²) in [5.41, 5.74) is -2.70. The molecular formula is C23H19ClF6N2O3S2. The molecule has 0 radical (unpaired) electrons. The van der Waals surface area contributed by atoms with E-state index >= 15 is 0 Å². The summed E-state index contributed by atoms with van der Waals surface area (Å²) in [6, 6.07) is 8.14. The van der Waals surface area contributed by atoms with Crippen LogP contribution in [0.15, 0.2) is 52.7 Å². The lowest BCUT2D eigenvalue weighted by atomic mass is 10.0. The van der Waals surface area contributed by atoms with Gasteiger partial charge in [-0.1, -0.05) is 29.8 Å². The molecule has 1 aliphatic rings. The number of nitrogens with one attached hydrogen (secondary N) is 1. The molecule has 1 unspecified atom stereocenters. The summed E-state index contributed by atoms with van der Waals surface area (Å²) in [6.07, 6.45) is -9.45. The van der Waals surface area contributed by atoms with Crippen LogP contribution >= 0.6 is 22.9 Å². The number of benzene rings is 2. The monoisotopic (exact) mass is 584 g/mol. The topological polar surface area (TPSA) is 58.6 Å². The van der Waals surface area contributed by atoms with Crippen LogP contribution in [0.25, 0.3) is 11.1 Å². The predicted molar refractivity (Wildman–Crippen MR) is 129 cm³/mol. The zero-order chi connectivity index (χ0) is 27.2. The molecule has 1 atom stereocenters. The van der Waals surface area contributed by atoms with Gasteiger partial charge < -0.3 is 9.64 Å². The van der Waals surface area contributed by atoms with Crippen molar-refractivity contribution in [2.24, 2.45) is 0 Å². The molecule has 2 heterocycles. The molecule has 1 fully saturated rings. The minimum Gasteiger partial charge on any atom is -0.488 e. The van der Waals surface area contributed by atoms with E-state index < -0.39 is 49.6 Å². The van der Waals surface area contributed by atoms with Crippen LogP contribution in [0.4, 0.5) is 32.0 Å². The number of nitrogens with zero attached hydrogens (tertiary/aromatic N) is 1. The van der Waals surface area contributed by atoms with E-state index in [-0.39, 0.29) is 21.2 Å². The van der Waals surface area contributed by atoms with Crippen molar-refractivity contribution in [2.75, 3.05) is 24.9 Å². The molecule has 0 aliphatic carbocycles. The maximum absolute atomic E-state index is 13.5. The summed E-state index contributed by atoms with van der Waals surface area (Å²) in [4.78, 5) is 1.89. The summed E-state index contributed by atoms with van der Waals surface area (Å²) in [6.45, 7) is 1.04. The molecule has 37 heavy (non-hydrogen) atoms. The summed E-state index contributed by atoms with van der Waals surface area (Å²) >= 11 is 6.65. The molecule has 14 heteroatoms. The van der Waals surface area contributed by atoms with Crippen LogP contribution in [0.5, 0.6) is 5.75 Å². The van der Waals surface area contributed by atoms with Crippen molar-refractivity contribution in [2.45, 2.75) is 29.1 Å². The number of alkyl halides is 6. The first-order valence-corrected chi connectivity index (χ1v) is 13.4. The number of hydrogen-bond donors (Lipinski definition) is 1. The van der Waals surface area contributed by atoms with Crippen LogP contribution in [-0.2, 0) is 22.4 Å². The Bertz CT molecular complexity index is 1410. The fourth-order valence-electron chi connectivity index (χ4n) is 3.92. The number of likely N-dealkylation sites (N-methyl/N-ethyl adjacent to an activating group) is 1. The first-order chi connectivity index (χ1) is 17.1. The molecule has 1 aromatic heterocycles. The van der Waals surface area contributed by atoms with Gasteiger partial charge >= 0.3 is 12.4 Å². The summed E-state index contributed by atoms with van der Waals surface area (Å²) in [5.74, 6) is -0.531. The van der Waals surface area contributed by atoms with Crippen LogP contribution in [0, 0.1) is 0 Å². The zero-order valence-corrected chi connectivity index (χ0v) is 21.3. The Morgan fingerprint density at radius 1 is 1.00 bits per heavy atom. The Kier molecular flexibility index (Phi) is 7.45. The fraction of sp³-hybridized carbons (Fsp3) is 0.304. The van der Waals surface area contributed by atoms with Gasteiger partial charge in [-0.2, -0.15) is 26.3 Å². The number of thiophene rings is 1. The van der Waals surface area contributed by atoms with Crippen LogP contribution in [0.2, 0.25) is 4.34 Å². The van der Waals surface area contributed by atoms with Gasteiger partial charge in [-0.05, 0) is 43.3 Å². The van der Waals surface area contributed by atoms with Gasteiger partial charge in [0, 0.05) is 24.7 Å². The lowest BCUT2D eigenvalue weighted by Crippen LogP contribution is -2.23. The molecule has 1 saturated heterocycles. The number of halogens is 7.